The van der Waals surface area contributed by atoms with E-state index < -0.39 is 0 Å². The number of tetrazole rings is 1. The Balaban J connectivity index is 1.51. The van der Waals surface area contributed by atoms with Crippen LogP contribution in [-0.4, -0.2) is 32.9 Å². The van der Waals surface area contributed by atoms with Crippen molar-refractivity contribution < 1.29 is 4.74 Å². The van der Waals surface area contributed by atoms with E-state index in [9.17, 15) is 0 Å². The summed E-state index contributed by atoms with van der Waals surface area (Å²) in [6, 6.07) is 10.5. The highest BCUT2D eigenvalue weighted by Crippen LogP contribution is 2.14. The summed E-state index contributed by atoms with van der Waals surface area (Å²) in [6.07, 6.45) is 5.59. The molecular formula is C15H20N4O. The van der Waals surface area contributed by atoms with Crippen LogP contribution in [0.2, 0.25) is 0 Å². The molecule has 0 N–H and O–H groups in total. The third kappa shape index (κ3) is 3.42. The van der Waals surface area contributed by atoms with Gasteiger partial charge in [-0.05, 0) is 41.7 Å². The molecule has 1 unspecified atom stereocenters. The average molecular weight is 272 g/mol. The van der Waals surface area contributed by atoms with Crippen molar-refractivity contribution >= 4 is 0 Å². The van der Waals surface area contributed by atoms with Gasteiger partial charge in [-0.15, -0.1) is 5.10 Å². The number of nitrogens with zero attached hydrogens (tertiary/aromatic N) is 4. The van der Waals surface area contributed by atoms with Crippen LogP contribution in [0.5, 0.6) is 0 Å². The van der Waals surface area contributed by atoms with Crippen molar-refractivity contribution in [3.8, 4) is 0 Å². The minimum absolute atomic E-state index is 0.284. The van der Waals surface area contributed by atoms with Gasteiger partial charge >= 0.3 is 0 Å². The van der Waals surface area contributed by atoms with Crippen molar-refractivity contribution in [3.63, 3.8) is 0 Å². The van der Waals surface area contributed by atoms with Crippen molar-refractivity contribution in [2.75, 3.05) is 6.61 Å². The monoisotopic (exact) mass is 272 g/mol. The second-order valence-corrected chi connectivity index (χ2v) is 5.25. The molecule has 0 bridgehead atoms. The van der Waals surface area contributed by atoms with Gasteiger partial charge in [0.2, 0.25) is 0 Å². The number of rotatable bonds is 6. The zero-order chi connectivity index (χ0) is 13.6. The average Bonchev–Trinajstić information content (AvgIpc) is 3.13. The Hall–Kier alpha value is -1.75. The Kier molecular flexibility index (Phi) is 4.38. The summed E-state index contributed by atoms with van der Waals surface area (Å²) in [5.74, 6) is 0.969. The topological polar surface area (TPSA) is 52.8 Å². The van der Waals surface area contributed by atoms with E-state index in [1.54, 1.807) is 0 Å². The summed E-state index contributed by atoms with van der Waals surface area (Å²) < 4.78 is 7.54. The van der Waals surface area contributed by atoms with Crippen LogP contribution in [0.4, 0.5) is 0 Å². The Morgan fingerprint density at radius 1 is 1.20 bits per heavy atom. The Morgan fingerprint density at radius 2 is 2.10 bits per heavy atom. The van der Waals surface area contributed by atoms with E-state index in [1.807, 2.05) is 10.7 Å². The van der Waals surface area contributed by atoms with Crippen molar-refractivity contribution in [1.82, 2.24) is 20.2 Å². The molecule has 1 aliphatic rings. The first-order valence-corrected chi connectivity index (χ1v) is 7.32. The van der Waals surface area contributed by atoms with Crippen molar-refractivity contribution in [2.24, 2.45) is 0 Å². The second-order valence-electron chi connectivity index (χ2n) is 5.25. The Labute approximate surface area is 118 Å². The number of hydrogen-bond donors (Lipinski definition) is 0. The van der Waals surface area contributed by atoms with Gasteiger partial charge in [0, 0.05) is 13.0 Å². The van der Waals surface area contributed by atoms with E-state index in [-0.39, 0.29) is 6.10 Å². The highest BCUT2D eigenvalue weighted by Gasteiger charge is 2.18. The van der Waals surface area contributed by atoms with Crippen LogP contribution in [0.1, 0.15) is 30.7 Å². The number of hydrogen-bond acceptors (Lipinski definition) is 4. The highest BCUT2D eigenvalue weighted by atomic mass is 16.5. The van der Waals surface area contributed by atoms with Crippen LogP contribution in [0, 0.1) is 0 Å². The van der Waals surface area contributed by atoms with Crippen LogP contribution in [0.3, 0.4) is 0 Å². The zero-order valence-corrected chi connectivity index (χ0v) is 11.6. The minimum Gasteiger partial charge on any atom is -0.376 e. The van der Waals surface area contributed by atoms with Gasteiger partial charge in [-0.25, -0.2) is 4.68 Å². The van der Waals surface area contributed by atoms with Gasteiger partial charge in [-0.1, -0.05) is 30.3 Å². The molecule has 1 fully saturated rings. The third-order valence-corrected chi connectivity index (χ3v) is 3.72. The molecule has 1 saturated heterocycles. The van der Waals surface area contributed by atoms with E-state index in [1.165, 1.54) is 5.56 Å². The van der Waals surface area contributed by atoms with Gasteiger partial charge in [-0.2, -0.15) is 0 Å². The molecule has 1 aliphatic heterocycles. The first-order valence-electron chi connectivity index (χ1n) is 7.32. The molecule has 0 saturated carbocycles. The lowest BCUT2D eigenvalue weighted by Crippen LogP contribution is -2.18. The third-order valence-electron chi connectivity index (χ3n) is 3.72. The molecule has 5 heteroatoms. The van der Waals surface area contributed by atoms with Crippen LogP contribution in [0.15, 0.2) is 30.3 Å². The van der Waals surface area contributed by atoms with Crippen molar-refractivity contribution in [3.05, 3.63) is 41.7 Å². The lowest BCUT2D eigenvalue weighted by molar-refractivity contribution is 0.0926. The van der Waals surface area contributed by atoms with Crippen LogP contribution < -0.4 is 0 Å². The lowest BCUT2D eigenvalue weighted by atomic mass is 10.1. The molecule has 106 valence electrons. The van der Waals surface area contributed by atoms with Gasteiger partial charge in [0.25, 0.3) is 0 Å². The fraction of sp³-hybridized carbons (Fsp3) is 0.533. The molecule has 1 aromatic carbocycles. The normalized spacial score (nSPS) is 18.5. The number of aryl methyl sites for hydroxylation is 2. The quantitative estimate of drug-likeness (QED) is 0.807. The number of aromatic nitrogens is 4. The molecule has 0 radical (unpaired) electrons. The van der Waals surface area contributed by atoms with Crippen molar-refractivity contribution in [2.45, 2.75) is 44.8 Å². The standard InChI is InChI=1S/C15H20N4O/c1-2-6-13(7-3-1)8-4-10-15-16-17-18-19(15)12-14-9-5-11-20-14/h1-3,6-7,14H,4-5,8-12H2. The SMILES string of the molecule is c1ccc(CCCc2nnnn2CC2CCCO2)cc1. The summed E-state index contributed by atoms with van der Waals surface area (Å²) in [6.45, 7) is 1.66. The number of ether oxygens (including phenoxy) is 1. The summed E-state index contributed by atoms with van der Waals surface area (Å²) in [4.78, 5) is 0. The van der Waals surface area contributed by atoms with E-state index in [4.69, 9.17) is 4.74 Å². The smallest absolute Gasteiger partial charge is 0.151 e. The first-order chi connectivity index (χ1) is 9.92. The van der Waals surface area contributed by atoms with Crippen LogP contribution in [-0.2, 0) is 24.1 Å². The van der Waals surface area contributed by atoms with Crippen LogP contribution >= 0.6 is 0 Å². The maximum absolute atomic E-state index is 5.64. The minimum atomic E-state index is 0.284. The number of benzene rings is 1. The van der Waals surface area contributed by atoms with E-state index in [0.717, 1.165) is 51.1 Å². The molecule has 5 nitrogen and oxygen atoms in total. The maximum Gasteiger partial charge on any atom is 0.151 e. The zero-order valence-electron chi connectivity index (χ0n) is 11.6. The maximum atomic E-state index is 5.64. The van der Waals surface area contributed by atoms with E-state index in [2.05, 4.69) is 39.8 Å². The second kappa shape index (κ2) is 6.61. The molecule has 0 amide bonds. The summed E-state index contributed by atoms with van der Waals surface area (Å²) in [7, 11) is 0. The molecule has 1 atom stereocenters. The van der Waals surface area contributed by atoms with E-state index in [0.29, 0.717) is 0 Å². The molecule has 20 heavy (non-hydrogen) atoms. The summed E-state index contributed by atoms with van der Waals surface area (Å²) >= 11 is 0. The molecule has 0 aliphatic carbocycles. The first kappa shape index (κ1) is 13.2. The largest absolute Gasteiger partial charge is 0.376 e. The van der Waals surface area contributed by atoms with Gasteiger partial charge in [-0.3, -0.25) is 0 Å². The molecule has 2 aromatic rings. The van der Waals surface area contributed by atoms with Crippen LogP contribution in [0.25, 0.3) is 0 Å². The summed E-state index contributed by atoms with van der Waals surface area (Å²) in [5.41, 5.74) is 1.37. The fourth-order valence-electron chi connectivity index (χ4n) is 2.62. The Morgan fingerprint density at radius 3 is 2.90 bits per heavy atom. The van der Waals surface area contributed by atoms with Gasteiger partial charge in [0.1, 0.15) is 0 Å². The highest BCUT2D eigenvalue weighted by molar-refractivity contribution is 5.14. The molecule has 0 spiro atoms. The van der Waals surface area contributed by atoms with Crippen molar-refractivity contribution in [1.29, 1.82) is 0 Å². The molecule has 1 aromatic heterocycles. The predicted molar refractivity (Wildman–Crippen MR) is 75.3 cm³/mol. The fourth-order valence-corrected chi connectivity index (χ4v) is 2.62. The Bertz CT molecular complexity index is 520. The van der Waals surface area contributed by atoms with E-state index >= 15 is 0 Å². The molecule has 3 rings (SSSR count). The van der Waals surface area contributed by atoms with Gasteiger partial charge in [0.15, 0.2) is 5.82 Å². The molecular weight excluding hydrogens is 252 g/mol. The predicted octanol–water partition coefficient (Wildman–Crippen LogP) is 2.03. The van der Waals surface area contributed by atoms with Gasteiger partial charge < -0.3 is 4.74 Å². The lowest BCUT2D eigenvalue weighted by Gasteiger charge is -2.10. The molecule has 2 heterocycles. The summed E-state index contributed by atoms with van der Waals surface area (Å²) in [5, 5.41) is 12.0. The van der Waals surface area contributed by atoms with Gasteiger partial charge in [0.05, 0.1) is 12.6 Å².